The lowest BCUT2D eigenvalue weighted by atomic mass is 10.2. The summed E-state index contributed by atoms with van der Waals surface area (Å²) in [4.78, 5) is 11.9. The van der Waals surface area contributed by atoms with E-state index in [4.69, 9.17) is 19.4 Å². The summed E-state index contributed by atoms with van der Waals surface area (Å²) in [5.41, 5.74) is 1.53. The van der Waals surface area contributed by atoms with Gasteiger partial charge in [-0.15, -0.1) is 0 Å². The topological polar surface area (TPSA) is 96.9 Å². The molecular weight excluding hydrogens is 478 g/mol. The second-order valence-electron chi connectivity index (χ2n) is 8.28. The van der Waals surface area contributed by atoms with Gasteiger partial charge >= 0.3 is 0 Å². The summed E-state index contributed by atoms with van der Waals surface area (Å²) >= 11 is 0. The Morgan fingerprint density at radius 2 is 1.56 bits per heavy atom. The number of rotatable bonds is 7. The number of nitrogens with zero attached hydrogens (tertiary/aromatic N) is 4. The molecule has 1 aliphatic rings. The fraction of sp³-hybridized carbons (Fsp3) is 0.231. The third kappa shape index (κ3) is 4.65. The first kappa shape index (κ1) is 23.8. The average molecular weight is 506 g/mol. The van der Waals surface area contributed by atoms with Gasteiger partial charge in [-0.2, -0.15) is 9.29 Å². The zero-order valence-electron chi connectivity index (χ0n) is 20.1. The van der Waals surface area contributed by atoms with Crippen molar-refractivity contribution in [2.75, 3.05) is 50.6 Å². The molecule has 0 aliphatic carbocycles. The van der Waals surface area contributed by atoms with Crippen LogP contribution in [0.5, 0.6) is 11.5 Å². The van der Waals surface area contributed by atoms with Gasteiger partial charge in [-0.1, -0.05) is 30.3 Å². The van der Waals surface area contributed by atoms with Crippen molar-refractivity contribution in [1.29, 1.82) is 0 Å². The van der Waals surface area contributed by atoms with Gasteiger partial charge in [0.05, 0.1) is 30.3 Å². The van der Waals surface area contributed by atoms with Gasteiger partial charge in [-0.3, -0.25) is 0 Å². The van der Waals surface area contributed by atoms with Gasteiger partial charge in [0.25, 0.3) is 0 Å². The van der Waals surface area contributed by atoms with Crippen molar-refractivity contribution in [3.63, 3.8) is 0 Å². The highest BCUT2D eigenvalue weighted by atomic mass is 32.2. The number of hydrogen-bond acceptors (Lipinski definition) is 8. The minimum Gasteiger partial charge on any atom is -0.497 e. The van der Waals surface area contributed by atoms with Crippen LogP contribution in [-0.4, -0.2) is 63.1 Å². The van der Waals surface area contributed by atoms with Crippen LogP contribution in [0, 0.1) is 0 Å². The van der Waals surface area contributed by atoms with E-state index in [1.807, 2.05) is 41.3 Å². The minimum atomic E-state index is -3.54. The van der Waals surface area contributed by atoms with E-state index in [9.17, 15) is 8.42 Å². The monoisotopic (exact) mass is 505 g/mol. The van der Waals surface area contributed by atoms with Gasteiger partial charge in [-0.25, -0.2) is 13.4 Å². The van der Waals surface area contributed by atoms with Crippen molar-refractivity contribution >= 4 is 38.4 Å². The summed E-state index contributed by atoms with van der Waals surface area (Å²) in [6, 6.07) is 21.8. The number of ether oxygens (including phenoxy) is 2. The molecule has 1 fully saturated rings. The van der Waals surface area contributed by atoms with Crippen LogP contribution in [0.2, 0.25) is 0 Å². The molecule has 186 valence electrons. The molecule has 0 saturated carbocycles. The molecule has 0 amide bonds. The standard InChI is InChI=1S/C26H27N5O4S/c1-34-19-12-13-23(24(18-19)35-2)27-25-21-10-6-7-11-22(21)28-26(29-25)30-14-16-31(17-15-30)36(32,33)20-8-4-3-5-9-20/h3-13,18H,14-17H2,1-2H3,(H,27,28,29). The third-order valence-corrected chi connectivity index (χ3v) is 8.07. The molecular formula is C26H27N5O4S. The normalized spacial score (nSPS) is 14.6. The predicted molar refractivity (Wildman–Crippen MR) is 140 cm³/mol. The van der Waals surface area contributed by atoms with Crippen molar-refractivity contribution in [2.24, 2.45) is 0 Å². The summed E-state index contributed by atoms with van der Waals surface area (Å²) in [5.74, 6) is 2.49. The highest BCUT2D eigenvalue weighted by Gasteiger charge is 2.29. The number of nitrogens with one attached hydrogen (secondary N) is 1. The summed E-state index contributed by atoms with van der Waals surface area (Å²) in [7, 11) is -0.324. The second-order valence-corrected chi connectivity index (χ2v) is 10.2. The first-order valence-corrected chi connectivity index (χ1v) is 13.0. The SMILES string of the molecule is COc1ccc(Nc2nc(N3CCN(S(=O)(=O)c4ccccc4)CC3)nc3ccccc23)c(OC)c1. The van der Waals surface area contributed by atoms with Crippen molar-refractivity contribution in [2.45, 2.75) is 4.90 Å². The lowest BCUT2D eigenvalue weighted by Crippen LogP contribution is -2.49. The Hall–Kier alpha value is -3.89. The molecule has 1 aliphatic heterocycles. The summed E-state index contributed by atoms with van der Waals surface area (Å²) in [6.45, 7) is 1.66. The highest BCUT2D eigenvalue weighted by Crippen LogP contribution is 2.34. The molecule has 9 nitrogen and oxygen atoms in total. The Bertz CT molecular complexity index is 1470. The Morgan fingerprint density at radius 1 is 0.833 bits per heavy atom. The molecule has 0 spiro atoms. The molecule has 36 heavy (non-hydrogen) atoms. The molecule has 4 aromatic rings. The van der Waals surface area contributed by atoms with Crippen LogP contribution in [0.4, 0.5) is 17.5 Å². The third-order valence-electron chi connectivity index (χ3n) is 6.16. The molecule has 0 bridgehead atoms. The molecule has 1 aromatic heterocycles. The maximum atomic E-state index is 13.0. The first-order chi connectivity index (χ1) is 17.5. The Labute approximate surface area is 210 Å². The van der Waals surface area contributed by atoms with E-state index in [-0.39, 0.29) is 0 Å². The molecule has 3 aromatic carbocycles. The van der Waals surface area contributed by atoms with Gasteiger partial charge in [0.1, 0.15) is 17.3 Å². The number of benzene rings is 3. The van der Waals surface area contributed by atoms with E-state index in [2.05, 4.69) is 5.32 Å². The van der Waals surface area contributed by atoms with E-state index in [0.717, 1.165) is 16.6 Å². The van der Waals surface area contributed by atoms with Gasteiger partial charge in [0.2, 0.25) is 16.0 Å². The molecule has 10 heteroatoms. The molecule has 1 saturated heterocycles. The van der Waals surface area contributed by atoms with Crippen LogP contribution in [0.15, 0.2) is 77.7 Å². The molecule has 5 rings (SSSR count). The zero-order chi connectivity index (χ0) is 25.1. The average Bonchev–Trinajstić information content (AvgIpc) is 2.93. The largest absolute Gasteiger partial charge is 0.497 e. The number of sulfonamides is 1. The number of anilines is 3. The number of hydrogen-bond donors (Lipinski definition) is 1. The second kappa shape index (κ2) is 10.00. The predicted octanol–water partition coefficient (Wildman–Crippen LogP) is 3.90. The van der Waals surface area contributed by atoms with Crippen LogP contribution >= 0.6 is 0 Å². The van der Waals surface area contributed by atoms with Crippen molar-refractivity contribution < 1.29 is 17.9 Å². The van der Waals surface area contributed by atoms with E-state index in [0.29, 0.717) is 54.3 Å². The maximum absolute atomic E-state index is 13.0. The Kier molecular flexibility index (Phi) is 6.62. The number of fused-ring (bicyclic) bond motifs is 1. The van der Waals surface area contributed by atoms with Crippen LogP contribution in [-0.2, 0) is 10.0 Å². The summed E-state index contributed by atoms with van der Waals surface area (Å²) in [6.07, 6.45) is 0. The van der Waals surface area contributed by atoms with Crippen LogP contribution in [0.1, 0.15) is 0 Å². The van der Waals surface area contributed by atoms with Gasteiger partial charge < -0.3 is 19.7 Å². The smallest absolute Gasteiger partial charge is 0.243 e. The summed E-state index contributed by atoms with van der Waals surface area (Å²) in [5, 5.41) is 4.25. The van der Waals surface area contributed by atoms with Gasteiger partial charge in [0.15, 0.2) is 0 Å². The number of para-hydroxylation sites is 1. The summed E-state index contributed by atoms with van der Waals surface area (Å²) < 4.78 is 38.4. The van der Waals surface area contributed by atoms with Gasteiger partial charge in [0, 0.05) is 37.6 Å². The van der Waals surface area contributed by atoms with Crippen molar-refractivity contribution in [1.82, 2.24) is 14.3 Å². The van der Waals surface area contributed by atoms with Crippen LogP contribution in [0.3, 0.4) is 0 Å². The van der Waals surface area contributed by atoms with Crippen LogP contribution < -0.4 is 19.7 Å². The lowest BCUT2D eigenvalue weighted by Gasteiger charge is -2.34. The molecule has 0 atom stereocenters. The minimum absolute atomic E-state index is 0.306. The number of aromatic nitrogens is 2. The maximum Gasteiger partial charge on any atom is 0.243 e. The Balaban J connectivity index is 1.42. The highest BCUT2D eigenvalue weighted by molar-refractivity contribution is 7.89. The Morgan fingerprint density at radius 3 is 2.28 bits per heavy atom. The van der Waals surface area contributed by atoms with E-state index >= 15 is 0 Å². The molecule has 0 radical (unpaired) electrons. The van der Waals surface area contributed by atoms with Crippen molar-refractivity contribution in [3.8, 4) is 11.5 Å². The lowest BCUT2D eigenvalue weighted by molar-refractivity contribution is 0.382. The van der Waals surface area contributed by atoms with Crippen LogP contribution in [0.25, 0.3) is 10.9 Å². The number of methoxy groups -OCH3 is 2. The zero-order valence-corrected chi connectivity index (χ0v) is 20.9. The van der Waals surface area contributed by atoms with E-state index < -0.39 is 10.0 Å². The van der Waals surface area contributed by atoms with E-state index in [1.165, 1.54) is 4.31 Å². The molecule has 2 heterocycles. The first-order valence-electron chi connectivity index (χ1n) is 11.6. The van der Waals surface area contributed by atoms with E-state index in [1.54, 1.807) is 50.6 Å². The molecule has 0 unspecified atom stereocenters. The number of piperazine rings is 1. The quantitative estimate of drug-likeness (QED) is 0.404. The fourth-order valence-electron chi connectivity index (χ4n) is 4.20. The molecule has 1 N–H and O–H groups in total. The van der Waals surface area contributed by atoms with Gasteiger partial charge in [-0.05, 0) is 36.4 Å². The van der Waals surface area contributed by atoms with Crippen molar-refractivity contribution in [3.05, 3.63) is 72.8 Å². The fourth-order valence-corrected chi connectivity index (χ4v) is 5.64.